The fourth-order valence-corrected chi connectivity index (χ4v) is 1.59. The van der Waals surface area contributed by atoms with Crippen molar-refractivity contribution in [2.75, 3.05) is 13.1 Å². The summed E-state index contributed by atoms with van der Waals surface area (Å²) < 4.78 is 13.2. The van der Waals surface area contributed by atoms with E-state index in [4.69, 9.17) is 5.41 Å². The van der Waals surface area contributed by atoms with Crippen LogP contribution in [0.3, 0.4) is 0 Å². The van der Waals surface area contributed by atoms with Crippen LogP contribution >= 0.6 is 0 Å². The number of hydrogen-bond acceptors (Lipinski definition) is 2. The fourth-order valence-electron chi connectivity index (χ4n) is 1.59. The predicted molar refractivity (Wildman–Crippen MR) is 74.8 cm³/mol. The van der Waals surface area contributed by atoms with Crippen molar-refractivity contribution in [3.63, 3.8) is 0 Å². The zero-order valence-electron chi connectivity index (χ0n) is 11.2. The number of allylic oxidation sites excluding steroid dienone is 5. The lowest BCUT2D eigenvalue weighted by Crippen LogP contribution is -2.31. The maximum absolute atomic E-state index is 13.2. The fraction of sp³-hybridized carbons (Fsp3) is 0.429. The van der Waals surface area contributed by atoms with Crippen molar-refractivity contribution in [3.05, 3.63) is 35.8 Å². The maximum Gasteiger partial charge on any atom is 0.122 e. The third kappa shape index (κ3) is 4.65. The van der Waals surface area contributed by atoms with Gasteiger partial charge in [0.25, 0.3) is 0 Å². The van der Waals surface area contributed by atoms with Gasteiger partial charge in [0.2, 0.25) is 0 Å². The normalized spacial score (nSPS) is 23.7. The highest BCUT2D eigenvalue weighted by Crippen LogP contribution is 2.11. The molecule has 0 saturated heterocycles. The average molecular weight is 249 g/mol. The Morgan fingerprint density at radius 1 is 1.44 bits per heavy atom. The van der Waals surface area contributed by atoms with Gasteiger partial charge in [-0.2, -0.15) is 0 Å². The molecule has 1 aliphatic rings. The van der Waals surface area contributed by atoms with Gasteiger partial charge < -0.3 is 4.90 Å². The second kappa shape index (κ2) is 6.89. The highest BCUT2D eigenvalue weighted by molar-refractivity contribution is 5.87. The Balaban J connectivity index is 2.83. The highest BCUT2D eigenvalue weighted by atomic mass is 19.1. The first-order chi connectivity index (χ1) is 8.50. The molecule has 0 aromatic carbocycles. The summed E-state index contributed by atoms with van der Waals surface area (Å²) in [5.41, 5.74) is 1.82. The van der Waals surface area contributed by atoms with Crippen LogP contribution in [0.5, 0.6) is 0 Å². The van der Waals surface area contributed by atoms with Gasteiger partial charge >= 0.3 is 0 Å². The monoisotopic (exact) mass is 249 g/mol. The second-order valence-corrected chi connectivity index (χ2v) is 4.41. The van der Waals surface area contributed by atoms with Crippen LogP contribution in [0.25, 0.3) is 0 Å². The van der Waals surface area contributed by atoms with E-state index >= 15 is 0 Å². The van der Waals surface area contributed by atoms with Crippen LogP contribution in [0.15, 0.2) is 40.8 Å². The Morgan fingerprint density at radius 3 is 2.83 bits per heavy atom. The smallest absolute Gasteiger partial charge is 0.122 e. The van der Waals surface area contributed by atoms with Crippen molar-refractivity contribution >= 4 is 11.5 Å². The molecule has 0 fully saturated rings. The number of halogens is 1. The zero-order chi connectivity index (χ0) is 13.5. The lowest BCUT2D eigenvalue weighted by molar-refractivity contribution is 0.511. The molecule has 0 aromatic rings. The van der Waals surface area contributed by atoms with Gasteiger partial charge in [-0.25, -0.2) is 4.39 Å². The van der Waals surface area contributed by atoms with E-state index in [0.717, 1.165) is 11.4 Å². The largest absolute Gasteiger partial charge is 0.333 e. The van der Waals surface area contributed by atoms with Gasteiger partial charge in [0, 0.05) is 18.0 Å². The van der Waals surface area contributed by atoms with Crippen LogP contribution in [0.2, 0.25) is 0 Å². The SMILES string of the molecule is CC(C)=NCC(=N)N1CC/C=C/C(F)=C\C=C\1C. The number of amidine groups is 1. The van der Waals surface area contributed by atoms with Crippen molar-refractivity contribution in [1.82, 2.24) is 4.90 Å². The number of aliphatic imine (C=N–C) groups is 1. The van der Waals surface area contributed by atoms with Gasteiger partial charge in [0.05, 0.1) is 6.54 Å². The van der Waals surface area contributed by atoms with Crippen LogP contribution in [-0.4, -0.2) is 29.5 Å². The third-order valence-corrected chi connectivity index (χ3v) is 2.58. The average Bonchev–Trinajstić information content (AvgIpc) is 2.39. The van der Waals surface area contributed by atoms with E-state index in [2.05, 4.69) is 4.99 Å². The minimum Gasteiger partial charge on any atom is -0.333 e. The molecule has 0 aromatic heterocycles. The molecule has 0 saturated carbocycles. The zero-order valence-corrected chi connectivity index (χ0v) is 11.2. The second-order valence-electron chi connectivity index (χ2n) is 4.41. The molecule has 18 heavy (non-hydrogen) atoms. The van der Waals surface area contributed by atoms with Gasteiger partial charge in [-0.15, -0.1) is 0 Å². The molecule has 0 atom stereocenters. The molecule has 0 radical (unpaired) electrons. The molecule has 0 spiro atoms. The molecule has 3 nitrogen and oxygen atoms in total. The van der Waals surface area contributed by atoms with Crippen molar-refractivity contribution in [1.29, 1.82) is 5.41 Å². The molecular weight excluding hydrogens is 229 g/mol. The summed E-state index contributed by atoms with van der Waals surface area (Å²) in [6.07, 6.45) is 7.08. The molecule has 1 rings (SSSR count). The van der Waals surface area contributed by atoms with Crippen LogP contribution in [0.1, 0.15) is 27.2 Å². The molecule has 4 heteroatoms. The summed E-state index contributed by atoms with van der Waals surface area (Å²) in [7, 11) is 0. The highest BCUT2D eigenvalue weighted by Gasteiger charge is 2.10. The van der Waals surface area contributed by atoms with E-state index in [9.17, 15) is 4.39 Å². The maximum atomic E-state index is 13.2. The van der Waals surface area contributed by atoms with E-state index in [-0.39, 0.29) is 5.83 Å². The van der Waals surface area contributed by atoms with Gasteiger partial charge in [-0.3, -0.25) is 10.4 Å². The van der Waals surface area contributed by atoms with E-state index in [0.29, 0.717) is 25.3 Å². The molecule has 0 unspecified atom stereocenters. The van der Waals surface area contributed by atoms with Crippen LogP contribution in [0.4, 0.5) is 4.39 Å². The number of nitrogens with zero attached hydrogens (tertiary/aromatic N) is 2. The summed E-state index contributed by atoms with van der Waals surface area (Å²) >= 11 is 0. The van der Waals surface area contributed by atoms with Crippen LogP contribution < -0.4 is 0 Å². The van der Waals surface area contributed by atoms with Crippen molar-refractivity contribution < 1.29 is 4.39 Å². The standard InChI is InChI=1S/C14H20FN3/c1-11(2)17-10-14(16)18-9-5-4-6-13(15)8-7-12(18)3/h4,6-8,16H,5,9-10H2,1-3H3/b6-4+,12-7+,13-8+,16-14?. The number of rotatable bonds is 2. The van der Waals surface area contributed by atoms with Crippen LogP contribution in [0, 0.1) is 5.41 Å². The predicted octanol–water partition coefficient (Wildman–Crippen LogP) is 3.46. The Morgan fingerprint density at radius 2 is 2.17 bits per heavy atom. The first kappa shape index (κ1) is 14.4. The minimum atomic E-state index is -0.259. The third-order valence-electron chi connectivity index (χ3n) is 2.58. The van der Waals surface area contributed by atoms with E-state index in [1.807, 2.05) is 25.7 Å². The summed E-state index contributed by atoms with van der Waals surface area (Å²) in [4.78, 5) is 6.11. The molecule has 0 amide bonds. The van der Waals surface area contributed by atoms with E-state index < -0.39 is 0 Å². The van der Waals surface area contributed by atoms with Crippen molar-refractivity contribution in [2.24, 2.45) is 4.99 Å². The van der Waals surface area contributed by atoms with E-state index in [1.165, 1.54) is 12.2 Å². The molecule has 1 N–H and O–H groups in total. The molecule has 98 valence electrons. The molecular formula is C14H20FN3. The molecule has 0 bridgehead atoms. The van der Waals surface area contributed by atoms with Crippen molar-refractivity contribution in [3.8, 4) is 0 Å². The molecule has 1 aliphatic heterocycles. The quantitative estimate of drug-likeness (QED) is 0.590. The lowest BCUT2D eigenvalue weighted by atomic mass is 10.3. The first-order valence-electron chi connectivity index (χ1n) is 6.04. The van der Waals surface area contributed by atoms with Gasteiger partial charge in [0.1, 0.15) is 11.7 Å². The Bertz CT molecular complexity index is 426. The number of nitrogens with one attached hydrogen (secondary N) is 1. The van der Waals surface area contributed by atoms with E-state index in [1.54, 1.807) is 12.2 Å². The summed E-state index contributed by atoms with van der Waals surface area (Å²) in [5, 5.41) is 8.04. The minimum absolute atomic E-state index is 0.259. The van der Waals surface area contributed by atoms with Crippen molar-refractivity contribution in [2.45, 2.75) is 27.2 Å². The first-order valence-corrected chi connectivity index (χ1v) is 6.04. The Kier molecular flexibility index (Phi) is 5.49. The van der Waals surface area contributed by atoms with Gasteiger partial charge in [-0.05, 0) is 45.4 Å². The van der Waals surface area contributed by atoms with Gasteiger partial charge in [0.15, 0.2) is 0 Å². The molecule has 0 aliphatic carbocycles. The molecule has 1 heterocycles. The lowest BCUT2D eigenvalue weighted by Gasteiger charge is -2.24. The van der Waals surface area contributed by atoms with Gasteiger partial charge in [-0.1, -0.05) is 6.08 Å². The van der Waals surface area contributed by atoms with Crippen LogP contribution in [-0.2, 0) is 0 Å². The Hall–Kier alpha value is -1.71. The summed E-state index contributed by atoms with van der Waals surface area (Å²) in [6.45, 7) is 6.75. The summed E-state index contributed by atoms with van der Waals surface area (Å²) in [6, 6.07) is 0. The number of hydrogen-bond donors (Lipinski definition) is 1. The Labute approximate surface area is 108 Å². The topological polar surface area (TPSA) is 39.5 Å². The summed E-state index contributed by atoms with van der Waals surface area (Å²) in [5.74, 6) is 0.180.